The molecule has 0 aromatic rings. The van der Waals surface area contributed by atoms with E-state index in [9.17, 15) is 0 Å². The molecule has 0 aromatic carbocycles. The molecule has 0 spiro atoms. The van der Waals surface area contributed by atoms with E-state index in [1.165, 1.54) is 0 Å². The van der Waals surface area contributed by atoms with Crippen LogP contribution in [0.4, 0.5) is 0 Å². The summed E-state index contributed by atoms with van der Waals surface area (Å²) in [5, 5.41) is 0. The second-order valence-corrected chi connectivity index (χ2v) is 11.7. The van der Waals surface area contributed by atoms with Crippen molar-refractivity contribution in [3.05, 3.63) is 19.9 Å². The molecule has 54 valence electrons. The second-order valence-electron chi connectivity index (χ2n) is 1.07. The topological polar surface area (TPSA) is 0 Å². The van der Waals surface area contributed by atoms with E-state index in [0.29, 0.717) is 0 Å². The predicted molar refractivity (Wildman–Crippen MR) is 53.6 cm³/mol. The first kappa shape index (κ1) is 10.5. The van der Waals surface area contributed by atoms with Crippen LogP contribution in [-0.2, 0) is 0 Å². The summed E-state index contributed by atoms with van der Waals surface area (Å²) < 4.78 is 0. The fraction of sp³-hybridized carbons (Fsp3) is 0. The van der Waals surface area contributed by atoms with Crippen molar-refractivity contribution in [2.75, 3.05) is 0 Å². The van der Waals surface area contributed by atoms with Gasteiger partial charge in [-0.25, -0.2) is 0 Å². The van der Waals surface area contributed by atoms with Crippen molar-refractivity contribution < 1.29 is 0 Å². The first-order valence-corrected chi connectivity index (χ1v) is 10.2. The van der Waals surface area contributed by atoms with Crippen molar-refractivity contribution >= 4 is 63.1 Å². The molecule has 0 aromatic heterocycles. The zero-order valence-electron chi connectivity index (χ0n) is 4.23. The molecule has 0 aliphatic heterocycles. The second kappa shape index (κ2) is 5.22. The van der Waals surface area contributed by atoms with Gasteiger partial charge in [0.2, 0.25) is 0 Å². The zero-order valence-corrected chi connectivity index (χ0v) is 10.6. The van der Waals surface area contributed by atoms with E-state index in [4.69, 9.17) is 20.2 Å². The molecule has 0 aliphatic carbocycles. The van der Waals surface area contributed by atoms with Gasteiger partial charge < -0.3 is 0 Å². The summed E-state index contributed by atoms with van der Waals surface area (Å²) in [5.41, 5.74) is 0. The van der Waals surface area contributed by atoms with Gasteiger partial charge in [-0.3, -0.25) is 0 Å². The van der Waals surface area contributed by atoms with Crippen molar-refractivity contribution in [3.8, 4) is 0 Å². The summed E-state index contributed by atoms with van der Waals surface area (Å²) >= 11 is 3.81. The normalized spacial score (nSPS) is 15.6. The van der Waals surface area contributed by atoms with Crippen LogP contribution in [-0.4, -0.2) is 11.0 Å². The SMILES string of the molecule is Cl[Se](Cl)(/C=C/Br)/C=C/Br. The number of halogens is 4. The van der Waals surface area contributed by atoms with Gasteiger partial charge >= 0.3 is 83.0 Å². The third-order valence-electron chi connectivity index (χ3n) is 0.466. The summed E-state index contributed by atoms with van der Waals surface area (Å²) in [6.07, 6.45) is 0. The van der Waals surface area contributed by atoms with E-state index in [1.54, 1.807) is 19.9 Å². The van der Waals surface area contributed by atoms with E-state index in [2.05, 4.69) is 31.9 Å². The summed E-state index contributed by atoms with van der Waals surface area (Å²) in [6, 6.07) is 0. The molecule has 5 heteroatoms. The molecule has 0 N–H and O–H groups in total. The monoisotopic (exact) mass is 360 g/mol. The Bertz CT molecular complexity index is 119. The van der Waals surface area contributed by atoms with Crippen LogP contribution in [0.1, 0.15) is 0 Å². The molecule has 0 nitrogen and oxygen atoms in total. The van der Waals surface area contributed by atoms with Gasteiger partial charge in [-0.05, 0) is 0 Å². The summed E-state index contributed by atoms with van der Waals surface area (Å²) in [6.45, 7) is 0. The minimum absolute atomic E-state index is 1.68. The van der Waals surface area contributed by atoms with E-state index >= 15 is 0 Å². The molecule has 9 heavy (non-hydrogen) atoms. The van der Waals surface area contributed by atoms with Gasteiger partial charge in [0, 0.05) is 0 Å². The van der Waals surface area contributed by atoms with Crippen molar-refractivity contribution in [2.45, 2.75) is 0 Å². The van der Waals surface area contributed by atoms with Gasteiger partial charge in [0.25, 0.3) is 0 Å². The van der Waals surface area contributed by atoms with E-state index in [0.717, 1.165) is 0 Å². The average Bonchev–Trinajstić information content (AvgIpc) is 1.64. The summed E-state index contributed by atoms with van der Waals surface area (Å²) in [5.74, 6) is 0. The Hall–Kier alpha value is 1.54. The van der Waals surface area contributed by atoms with Gasteiger partial charge in [0.05, 0.1) is 0 Å². The third-order valence-corrected chi connectivity index (χ3v) is 6.80. The molecule has 0 saturated carbocycles. The van der Waals surface area contributed by atoms with Crippen LogP contribution in [0.2, 0.25) is 0 Å². The van der Waals surface area contributed by atoms with Crippen molar-refractivity contribution in [1.82, 2.24) is 0 Å². The van der Waals surface area contributed by atoms with Crippen LogP contribution in [0.15, 0.2) is 19.9 Å². The van der Waals surface area contributed by atoms with Gasteiger partial charge in [0.15, 0.2) is 0 Å². The van der Waals surface area contributed by atoms with Gasteiger partial charge in [-0.1, -0.05) is 0 Å². The molecule has 0 amide bonds. The van der Waals surface area contributed by atoms with Gasteiger partial charge in [-0.2, -0.15) is 0 Å². The van der Waals surface area contributed by atoms with Crippen molar-refractivity contribution in [3.63, 3.8) is 0 Å². The Kier molecular flexibility index (Phi) is 6.12. The number of hydrogen-bond donors (Lipinski definition) is 0. The molecule has 0 saturated heterocycles. The standard InChI is InChI=1S/C4H4Br2Cl2Se/c5-1-3-9(7,8)4-2-6/h1-4H/b3-1+,4-2+. The minimum atomic E-state index is -2.38. The molecular weight excluding hydrogens is 358 g/mol. The van der Waals surface area contributed by atoms with Gasteiger partial charge in [-0.15, -0.1) is 0 Å². The van der Waals surface area contributed by atoms with Gasteiger partial charge in [0.1, 0.15) is 0 Å². The Morgan fingerprint density at radius 2 is 1.33 bits per heavy atom. The summed E-state index contributed by atoms with van der Waals surface area (Å²) in [4.78, 5) is 6.88. The molecule has 0 unspecified atom stereocenters. The number of rotatable bonds is 2. The van der Waals surface area contributed by atoms with Crippen LogP contribution in [0.25, 0.3) is 0 Å². The van der Waals surface area contributed by atoms with Crippen molar-refractivity contribution in [2.24, 2.45) is 0 Å². The Morgan fingerprint density at radius 3 is 1.56 bits per heavy atom. The molecule has 0 rings (SSSR count). The Balaban J connectivity index is 4.01. The van der Waals surface area contributed by atoms with Crippen LogP contribution in [0, 0.1) is 0 Å². The molecular formula is C4H4Br2Cl2Se. The van der Waals surface area contributed by atoms with Crippen LogP contribution in [0.5, 0.6) is 0 Å². The van der Waals surface area contributed by atoms with E-state index < -0.39 is 11.0 Å². The maximum atomic E-state index is 5.82. The third kappa shape index (κ3) is 5.96. The quantitative estimate of drug-likeness (QED) is 0.656. The average molecular weight is 362 g/mol. The van der Waals surface area contributed by atoms with Crippen LogP contribution in [0.3, 0.4) is 0 Å². The molecule has 0 fully saturated rings. The summed E-state index contributed by atoms with van der Waals surface area (Å²) in [7, 11) is 11.6. The Morgan fingerprint density at radius 1 is 1.00 bits per heavy atom. The van der Waals surface area contributed by atoms with Crippen LogP contribution < -0.4 is 0 Å². The Labute approximate surface area is 82.2 Å². The molecule has 0 heterocycles. The first-order valence-electron chi connectivity index (χ1n) is 1.88. The maximum absolute atomic E-state index is 5.82. The molecule has 0 atom stereocenters. The van der Waals surface area contributed by atoms with Crippen molar-refractivity contribution in [1.29, 1.82) is 0 Å². The zero-order chi connectivity index (χ0) is 7.33. The van der Waals surface area contributed by atoms with E-state index in [-0.39, 0.29) is 0 Å². The molecule has 0 aliphatic rings. The molecule has 0 bridgehead atoms. The fourth-order valence-corrected chi connectivity index (χ4v) is 8.14. The first-order chi connectivity index (χ1) is 4.12. The fourth-order valence-electron chi connectivity index (χ4n) is 0.183. The number of hydrogen-bond acceptors (Lipinski definition) is 0. The van der Waals surface area contributed by atoms with E-state index in [1.807, 2.05) is 0 Å². The van der Waals surface area contributed by atoms with Crippen LogP contribution >= 0.6 is 52.1 Å². The predicted octanol–water partition coefficient (Wildman–Crippen LogP) is 3.80. The molecule has 0 radical (unpaired) electrons.